The Morgan fingerprint density at radius 3 is 2.65 bits per heavy atom. The number of nitrogens with zero attached hydrogens (tertiary/aromatic N) is 2. The normalized spacial score (nSPS) is 17.9. The number of aryl methyl sites for hydroxylation is 1. The van der Waals surface area contributed by atoms with Crippen molar-refractivity contribution in [2.75, 3.05) is 31.7 Å². The lowest BCUT2D eigenvalue weighted by molar-refractivity contribution is 0.0738. The van der Waals surface area contributed by atoms with Crippen molar-refractivity contribution in [2.45, 2.75) is 31.7 Å². The van der Waals surface area contributed by atoms with Gasteiger partial charge in [0.15, 0.2) is 0 Å². The van der Waals surface area contributed by atoms with Crippen LogP contribution in [0.4, 0.5) is 11.5 Å². The third kappa shape index (κ3) is 2.36. The number of hydrogen-bond acceptors (Lipinski definition) is 4. The first kappa shape index (κ1) is 12.2. The summed E-state index contributed by atoms with van der Waals surface area (Å²) in [4.78, 5) is 6.63. The fourth-order valence-corrected chi connectivity index (χ4v) is 2.29. The maximum atomic E-state index is 5.76. The molecule has 0 atom stereocenters. The first-order valence-corrected chi connectivity index (χ1v) is 6.17. The molecule has 2 rings (SSSR count). The molecule has 0 amide bonds. The van der Waals surface area contributed by atoms with Gasteiger partial charge in [-0.1, -0.05) is 0 Å². The summed E-state index contributed by atoms with van der Waals surface area (Å²) >= 11 is 0. The average Bonchev–Trinajstić information content (AvgIpc) is 2.21. The van der Waals surface area contributed by atoms with Crippen molar-refractivity contribution in [3.63, 3.8) is 0 Å². The highest BCUT2D eigenvalue weighted by Crippen LogP contribution is 2.36. The summed E-state index contributed by atoms with van der Waals surface area (Å²) in [5, 5.41) is 3.43. The molecule has 1 aromatic heterocycles. The van der Waals surface area contributed by atoms with Crippen LogP contribution >= 0.6 is 0 Å². The van der Waals surface area contributed by atoms with Crippen molar-refractivity contribution in [1.82, 2.24) is 9.88 Å². The van der Waals surface area contributed by atoms with E-state index in [-0.39, 0.29) is 0 Å². The van der Waals surface area contributed by atoms with Crippen LogP contribution in [0.15, 0.2) is 12.3 Å². The number of hydrogen-bond donors (Lipinski definition) is 2. The molecule has 0 bridgehead atoms. The second kappa shape index (κ2) is 4.53. The summed E-state index contributed by atoms with van der Waals surface area (Å²) in [6, 6.07) is 2.01. The summed E-state index contributed by atoms with van der Waals surface area (Å²) < 4.78 is 0. The van der Waals surface area contributed by atoms with Crippen molar-refractivity contribution in [1.29, 1.82) is 0 Å². The quantitative estimate of drug-likeness (QED) is 0.835. The Morgan fingerprint density at radius 2 is 2.18 bits per heavy atom. The molecule has 0 aromatic carbocycles. The molecule has 0 unspecified atom stereocenters. The van der Waals surface area contributed by atoms with Crippen molar-refractivity contribution in [2.24, 2.45) is 0 Å². The van der Waals surface area contributed by atoms with E-state index in [1.165, 1.54) is 19.3 Å². The maximum absolute atomic E-state index is 5.76. The molecule has 0 saturated heterocycles. The molecule has 17 heavy (non-hydrogen) atoms. The number of aromatic nitrogens is 1. The van der Waals surface area contributed by atoms with Gasteiger partial charge in [-0.25, -0.2) is 4.98 Å². The Morgan fingerprint density at radius 1 is 1.47 bits per heavy atom. The number of nitrogen functional groups attached to an aromatic ring is 1. The number of nitrogens with one attached hydrogen (secondary N) is 1. The summed E-state index contributed by atoms with van der Waals surface area (Å²) in [5.41, 5.74) is 7.90. The molecule has 94 valence electrons. The van der Waals surface area contributed by atoms with Crippen LogP contribution in [0.3, 0.4) is 0 Å². The van der Waals surface area contributed by atoms with Crippen LogP contribution in [0.25, 0.3) is 0 Å². The number of rotatable bonds is 4. The third-order valence-corrected chi connectivity index (χ3v) is 3.98. The van der Waals surface area contributed by atoms with Gasteiger partial charge in [-0.05, 0) is 51.9 Å². The maximum Gasteiger partial charge on any atom is 0.126 e. The molecule has 1 aliphatic rings. The molecule has 1 saturated carbocycles. The highest BCUT2D eigenvalue weighted by molar-refractivity contribution is 5.51. The molecule has 3 N–H and O–H groups in total. The van der Waals surface area contributed by atoms with Gasteiger partial charge in [-0.3, -0.25) is 0 Å². The van der Waals surface area contributed by atoms with E-state index in [2.05, 4.69) is 29.3 Å². The third-order valence-electron chi connectivity index (χ3n) is 3.98. The second-order valence-electron chi connectivity index (χ2n) is 5.25. The van der Waals surface area contributed by atoms with Crippen LogP contribution in [-0.4, -0.2) is 36.1 Å². The molecular formula is C13H22N4. The van der Waals surface area contributed by atoms with Crippen molar-refractivity contribution < 1.29 is 0 Å². The standard InChI is InChI=1S/C13H22N4/c1-10-7-12(15-8-11(10)14)16-9-13(17(2)3)5-4-6-13/h7-8H,4-6,9,14H2,1-3H3,(H,15,16). The molecule has 1 heterocycles. The molecule has 1 aromatic rings. The van der Waals surface area contributed by atoms with Crippen LogP contribution in [0.1, 0.15) is 24.8 Å². The summed E-state index contributed by atoms with van der Waals surface area (Å²) in [6.45, 7) is 2.96. The zero-order valence-corrected chi connectivity index (χ0v) is 11.0. The van der Waals surface area contributed by atoms with E-state index in [0.29, 0.717) is 5.54 Å². The van der Waals surface area contributed by atoms with E-state index < -0.39 is 0 Å². The molecular weight excluding hydrogens is 212 g/mol. The molecule has 4 heteroatoms. The Labute approximate surface area is 103 Å². The Hall–Kier alpha value is -1.29. The van der Waals surface area contributed by atoms with E-state index in [9.17, 15) is 0 Å². The highest BCUT2D eigenvalue weighted by atomic mass is 15.2. The molecule has 0 aliphatic heterocycles. The monoisotopic (exact) mass is 234 g/mol. The van der Waals surface area contributed by atoms with Crippen LogP contribution in [-0.2, 0) is 0 Å². The molecule has 0 radical (unpaired) electrons. The Kier molecular flexibility index (Phi) is 3.24. The fraction of sp³-hybridized carbons (Fsp3) is 0.615. The van der Waals surface area contributed by atoms with Gasteiger partial charge in [-0.2, -0.15) is 0 Å². The minimum absolute atomic E-state index is 0.316. The van der Waals surface area contributed by atoms with Crippen molar-refractivity contribution in [3.05, 3.63) is 17.8 Å². The van der Waals surface area contributed by atoms with Gasteiger partial charge in [0, 0.05) is 12.1 Å². The van der Waals surface area contributed by atoms with E-state index >= 15 is 0 Å². The van der Waals surface area contributed by atoms with Gasteiger partial charge in [0.1, 0.15) is 5.82 Å². The van der Waals surface area contributed by atoms with Gasteiger partial charge in [0.05, 0.1) is 11.9 Å². The first-order valence-electron chi connectivity index (χ1n) is 6.17. The lowest BCUT2D eigenvalue weighted by Crippen LogP contribution is -2.54. The first-order chi connectivity index (χ1) is 8.03. The van der Waals surface area contributed by atoms with E-state index in [4.69, 9.17) is 5.73 Å². The lowest BCUT2D eigenvalue weighted by atomic mass is 9.75. The Bertz CT molecular complexity index is 396. The zero-order chi connectivity index (χ0) is 12.5. The van der Waals surface area contributed by atoms with Gasteiger partial charge in [0.25, 0.3) is 0 Å². The number of likely N-dealkylation sites (N-methyl/N-ethyl adjacent to an activating group) is 1. The van der Waals surface area contributed by atoms with E-state index in [1.54, 1.807) is 6.20 Å². The lowest BCUT2D eigenvalue weighted by Gasteiger charge is -2.47. The number of pyridine rings is 1. The van der Waals surface area contributed by atoms with Crippen molar-refractivity contribution in [3.8, 4) is 0 Å². The van der Waals surface area contributed by atoms with Gasteiger partial charge >= 0.3 is 0 Å². The minimum atomic E-state index is 0.316. The van der Waals surface area contributed by atoms with E-state index in [1.807, 2.05) is 13.0 Å². The number of nitrogens with two attached hydrogens (primary N) is 1. The van der Waals surface area contributed by atoms with Crippen LogP contribution in [0, 0.1) is 6.92 Å². The smallest absolute Gasteiger partial charge is 0.126 e. The minimum Gasteiger partial charge on any atom is -0.397 e. The van der Waals surface area contributed by atoms with Gasteiger partial charge in [-0.15, -0.1) is 0 Å². The molecule has 1 fully saturated rings. The van der Waals surface area contributed by atoms with Gasteiger partial charge < -0.3 is 16.0 Å². The predicted octanol–water partition coefficient (Wildman–Crippen LogP) is 1.87. The van der Waals surface area contributed by atoms with E-state index in [0.717, 1.165) is 23.6 Å². The largest absolute Gasteiger partial charge is 0.397 e. The molecule has 1 aliphatic carbocycles. The topological polar surface area (TPSA) is 54.2 Å². The van der Waals surface area contributed by atoms with Crippen molar-refractivity contribution >= 4 is 11.5 Å². The van der Waals surface area contributed by atoms with Gasteiger partial charge in [0.2, 0.25) is 0 Å². The number of anilines is 2. The Balaban J connectivity index is 1.99. The average molecular weight is 234 g/mol. The van der Waals surface area contributed by atoms with Crippen LogP contribution in [0.5, 0.6) is 0 Å². The predicted molar refractivity (Wildman–Crippen MR) is 72.1 cm³/mol. The molecule has 0 spiro atoms. The summed E-state index contributed by atoms with van der Waals surface area (Å²) in [7, 11) is 4.31. The highest BCUT2D eigenvalue weighted by Gasteiger charge is 2.38. The molecule has 4 nitrogen and oxygen atoms in total. The second-order valence-corrected chi connectivity index (χ2v) is 5.25. The van der Waals surface area contributed by atoms with Crippen LogP contribution in [0.2, 0.25) is 0 Å². The SMILES string of the molecule is Cc1cc(NCC2(N(C)C)CCC2)ncc1N. The fourth-order valence-electron chi connectivity index (χ4n) is 2.29. The van der Waals surface area contributed by atoms with Crippen LogP contribution < -0.4 is 11.1 Å². The summed E-state index contributed by atoms with van der Waals surface area (Å²) in [6.07, 6.45) is 5.58. The zero-order valence-electron chi connectivity index (χ0n) is 11.0. The summed E-state index contributed by atoms with van der Waals surface area (Å²) in [5.74, 6) is 0.921.